The number of nitrogens with zero attached hydrogens (tertiary/aromatic N) is 2. The number of rotatable bonds is 5. The zero-order chi connectivity index (χ0) is 16.2. The summed E-state index contributed by atoms with van der Waals surface area (Å²) in [6.45, 7) is 3.86. The van der Waals surface area contributed by atoms with Crippen LogP contribution in [0.15, 0.2) is 35.2 Å². The Kier molecular flexibility index (Phi) is 8.65. The lowest BCUT2D eigenvalue weighted by molar-refractivity contribution is 0.0743. The van der Waals surface area contributed by atoms with Crippen LogP contribution in [0.2, 0.25) is 0 Å². The number of hydrogen-bond acceptors (Lipinski definition) is 5. The fourth-order valence-electron chi connectivity index (χ4n) is 2.95. The van der Waals surface area contributed by atoms with Crippen LogP contribution in [0.25, 0.3) is 0 Å². The number of nitrogens with two attached hydrogens (primary N) is 1. The first-order chi connectivity index (χ1) is 11.2. The predicted octanol–water partition coefficient (Wildman–Crippen LogP) is 3.38. The Hall–Kier alpha value is -1.34. The fourth-order valence-corrected chi connectivity index (χ4v) is 3.49. The smallest absolute Gasteiger partial charge is 0.254 e. The molecule has 1 aromatic heterocycles. The first-order valence-electron chi connectivity index (χ1n) is 7.78. The van der Waals surface area contributed by atoms with E-state index in [-0.39, 0.29) is 36.8 Å². The Morgan fingerprint density at radius 2 is 2.24 bits per heavy atom. The number of amides is 1. The topological polar surface area (TPSA) is 68.5 Å². The van der Waals surface area contributed by atoms with Crippen LogP contribution in [0.1, 0.15) is 29.4 Å². The SMILES string of the molecule is CC1CC(CN)CN1C(=O)c1cccc(OCc2cscn2)c1.Cl.Cl. The van der Waals surface area contributed by atoms with Crippen LogP contribution in [0.3, 0.4) is 0 Å². The second-order valence-electron chi connectivity index (χ2n) is 5.94. The molecule has 1 fully saturated rings. The largest absolute Gasteiger partial charge is 0.487 e. The average Bonchev–Trinajstić information content (AvgIpc) is 3.22. The lowest BCUT2D eigenvalue weighted by Crippen LogP contribution is -2.34. The maximum atomic E-state index is 12.7. The molecular weight excluding hydrogens is 381 g/mol. The molecular formula is C17H23Cl2N3O2S. The highest BCUT2D eigenvalue weighted by atomic mass is 35.5. The van der Waals surface area contributed by atoms with Crippen molar-refractivity contribution in [1.82, 2.24) is 9.88 Å². The third-order valence-electron chi connectivity index (χ3n) is 4.21. The molecule has 25 heavy (non-hydrogen) atoms. The van der Waals surface area contributed by atoms with E-state index < -0.39 is 0 Å². The normalized spacial score (nSPS) is 19.0. The summed E-state index contributed by atoms with van der Waals surface area (Å²) in [5, 5.41) is 1.95. The zero-order valence-corrected chi connectivity index (χ0v) is 16.4. The molecule has 1 saturated heterocycles. The van der Waals surface area contributed by atoms with E-state index >= 15 is 0 Å². The van der Waals surface area contributed by atoms with Gasteiger partial charge in [-0.1, -0.05) is 6.07 Å². The number of ether oxygens (including phenoxy) is 1. The quantitative estimate of drug-likeness (QED) is 0.830. The number of carbonyl (C=O) groups is 1. The molecule has 0 saturated carbocycles. The van der Waals surface area contributed by atoms with Gasteiger partial charge < -0.3 is 15.4 Å². The maximum Gasteiger partial charge on any atom is 0.254 e. The van der Waals surface area contributed by atoms with Crippen LogP contribution in [0.4, 0.5) is 0 Å². The second-order valence-corrected chi connectivity index (χ2v) is 6.66. The molecule has 0 radical (unpaired) electrons. The molecule has 1 amide bonds. The van der Waals surface area contributed by atoms with E-state index in [1.807, 2.05) is 28.5 Å². The molecule has 1 aliphatic rings. The second kappa shape index (κ2) is 9.97. The number of hydrogen-bond donors (Lipinski definition) is 1. The Bertz CT molecular complexity index is 670. The van der Waals surface area contributed by atoms with Gasteiger partial charge in [-0.2, -0.15) is 0 Å². The van der Waals surface area contributed by atoms with Gasteiger partial charge in [-0.05, 0) is 44.0 Å². The number of aromatic nitrogens is 1. The Balaban J connectivity index is 0.00000156. The molecule has 5 nitrogen and oxygen atoms in total. The summed E-state index contributed by atoms with van der Waals surface area (Å²) in [5.74, 6) is 1.14. The van der Waals surface area contributed by atoms with Gasteiger partial charge >= 0.3 is 0 Å². The van der Waals surface area contributed by atoms with Gasteiger partial charge in [-0.3, -0.25) is 4.79 Å². The maximum absolute atomic E-state index is 12.7. The van der Waals surface area contributed by atoms with Crippen molar-refractivity contribution in [1.29, 1.82) is 0 Å². The highest BCUT2D eigenvalue weighted by Gasteiger charge is 2.32. The Morgan fingerprint density at radius 1 is 1.44 bits per heavy atom. The Labute approximate surface area is 164 Å². The third-order valence-corrected chi connectivity index (χ3v) is 4.84. The van der Waals surface area contributed by atoms with Crippen molar-refractivity contribution in [2.75, 3.05) is 13.1 Å². The van der Waals surface area contributed by atoms with Crippen LogP contribution in [0.5, 0.6) is 5.75 Å². The summed E-state index contributed by atoms with van der Waals surface area (Å²) in [4.78, 5) is 18.8. The third kappa shape index (κ3) is 5.31. The molecule has 0 bridgehead atoms. The van der Waals surface area contributed by atoms with Crippen LogP contribution in [-0.4, -0.2) is 34.9 Å². The molecule has 2 atom stereocenters. The molecule has 1 aromatic carbocycles. The van der Waals surface area contributed by atoms with Crippen LogP contribution in [0, 0.1) is 5.92 Å². The van der Waals surface area contributed by atoms with Gasteiger partial charge in [0.2, 0.25) is 0 Å². The van der Waals surface area contributed by atoms with E-state index in [2.05, 4.69) is 11.9 Å². The molecule has 138 valence electrons. The summed E-state index contributed by atoms with van der Waals surface area (Å²) in [7, 11) is 0. The van der Waals surface area contributed by atoms with Gasteiger partial charge in [0.25, 0.3) is 5.91 Å². The highest BCUT2D eigenvalue weighted by Crippen LogP contribution is 2.25. The highest BCUT2D eigenvalue weighted by molar-refractivity contribution is 7.07. The van der Waals surface area contributed by atoms with E-state index in [0.29, 0.717) is 30.4 Å². The van der Waals surface area contributed by atoms with E-state index in [1.165, 1.54) is 11.3 Å². The van der Waals surface area contributed by atoms with Crippen LogP contribution in [-0.2, 0) is 6.61 Å². The summed E-state index contributed by atoms with van der Waals surface area (Å²) in [6.07, 6.45) is 0.974. The van der Waals surface area contributed by atoms with E-state index in [0.717, 1.165) is 18.7 Å². The van der Waals surface area contributed by atoms with Gasteiger partial charge in [0.05, 0.1) is 11.2 Å². The average molecular weight is 404 g/mol. The molecule has 2 N–H and O–H groups in total. The summed E-state index contributed by atoms with van der Waals surface area (Å²) in [6, 6.07) is 7.58. The van der Waals surface area contributed by atoms with E-state index in [1.54, 1.807) is 11.6 Å². The molecule has 0 aliphatic carbocycles. The van der Waals surface area contributed by atoms with Crippen LogP contribution < -0.4 is 10.5 Å². The van der Waals surface area contributed by atoms with Gasteiger partial charge in [-0.25, -0.2) is 4.98 Å². The molecule has 3 rings (SSSR count). The van der Waals surface area contributed by atoms with Gasteiger partial charge in [0.1, 0.15) is 12.4 Å². The Morgan fingerprint density at radius 3 is 2.88 bits per heavy atom. The standard InChI is InChI=1S/C17H21N3O2S.2ClH/c1-12-5-13(7-18)8-20(12)17(21)14-3-2-4-16(6-14)22-9-15-10-23-11-19-15;;/h2-4,6,10-13H,5,7-9,18H2,1H3;2*1H. The van der Waals surface area contributed by atoms with Gasteiger partial charge in [0.15, 0.2) is 0 Å². The molecule has 2 heterocycles. The van der Waals surface area contributed by atoms with Gasteiger partial charge in [0, 0.05) is 23.5 Å². The number of carbonyl (C=O) groups excluding carboxylic acids is 1. The summed E-state index contributed by atoms with van der Waals surface area (Å²) in [5.41, 5.74) is 9.07. The molecule has 1 aliphatic heterocycles. The van der Waals surface area contributed by atoms with Crippen molar-refractivity contribution in [3.63, 3.8) is 0 Å². The monoisotopic (exact) mass is 403 g/mol. The van der Waals surface area contributed by atoms with Crippen molar-refractivity contribution in [2.24, 2.45) is 11.7 Å². The van der Waals surface area contributed by atoms with Crippen molar-refractivity contribution in [3.05, 3.63) is 46.4 Å². The van der Waals surface area contributed by atoms with E-state index in [4.69, 9.17) is 10.5 Å². The van der Waals surface area contributed by atoms with Gasteiger partial charge in [-0.15, -0.1) is 36.2 Å². The predicted molar refractivity (Wildman–Crippen MR) is 105 cm³/mol. The number of likely N-dealkylation sites (tertiary alicyclic amines) is 1. The van der Waals surface area contributed by atoms with Crippen molar-refractivity contribution >= 4 is 42.1 Å². The summed E-state index contributed by atoms with van der Waals surface area (Å²) < 4.78 is 5.73. The minimum atomic E-state index is 0. The van der Waals surface area contributed by atoms with Crippen molar-refractivity contribution in [2.45, 2.75) is 26.0 Å². The van der Waals surface area contributed by atoms with E-state index in [9.17, 15) is 4.79 Å². The summed E-state index contributed by atoms with van der Waals surface area (Å²) >= 11 is 1.54. The lowest BCUT2D eigenvalue weighted by Gasteiger charge is -2.21. The first-order valence-corrected chi connectivity index (χ1v) is 8.72. The molecule has 2 unspecified atom stereocenters. The fraction of sp³-hybridized carbons (Fsp3) is 0.412. The first kappa shape index (κ1) is 21.7. The minimum Gasteiger partial charge on any atom is -0.487 e. The number of halogens is 2. The lowest BCUT2D eigenvalue weighted by atomic mass is 10.1. The number of thiazole rings is 1. The molecule has 0 spiro atoms. The minimum absolute atomic E-state index is 0. The molecule has 8 heteroatoms. The zero-order valence-electron chi connectivity index (χ0n) is 14.0. The van der Waals surface area contributed by atoms with Crippen molar-refractivity contribution in [3.8, 4) is 5.75 Å². The van der Waals surface area contributed by atoms with Crippen molar-refractivity contribution < 1.29 is 9.53 Å². The number of benzene rings is 1. The molecule has 2 aromatic rings. The van der Waals surface area contributed by atoms with Crippen LogP contribution >= 0.6 is 36.2 Å².